The zero-order chi connectivity index (χ0) is 10.4. The van der Waals surface area contributed by atoms with Crippen LogP contribution < -0.4 is 0 Å². The van der Waals surface area contributed by atoms with Crippen molar-refractivity contribution in [3.05, 3.63) is 35.4 Å². The second-order valence-corrected chi connectivity index (χ2v) is 3.77. The van der Waals surface area contributed by atoms with Crippen molar-refractivity contribution in [1.82, 2.24) is 4.90 Å². The fourth-order valence-electron chi connectivity index (χ4n) is 1.47. The molecule has 0 atom stereocenters. The lowest BCUT2D eigenvalue weighted by molar-refractivity contribution is 0.223. The highest BCUT2D eigenvalue weighted by molar-refractivity contribution is 5.22. The lowest BCUT2D eigenvalue weighted by Gasteiger charge is -2.14. The summed E-state index contributed by atoms with van der Waals surface area (Å²) in [5.41, 5.74) is 2.68. The first-order valence-electron chi connectivity index (χ1n) is 5.07. The number of likely N-dealkylation sites (N-methyl/N-ethyl adjacent to an activating group) is 1. The Hall–Kier alpha value is -0.860. The molecule has 1 N–H and O–H groups in total. The van der Waals surface area contributed by atoms with E-state index in [1.54, 1.807) is 0 Å². The van der Waals surface area contributed by atoms with Crippen molar-refractivity contribution in [3.63, 3.8) is 0 Å². The fourth-order valence-corrected chi connectivity index (χ4v) is 1.47. The van der Waals surface area contributed by atoms with E-state index in [0.29, 0.717) is 0 Å². The van der Waals surface area contributed by atoms with Crippen molar-refractivity contribution in [2.75, 3.05) is 26.7 Å². The molecule has 0 aromatic heterocycles. The van der Waals surface area contributed by atoms with Crippen LogP contribution in [0.3, 0.4) is 0 Å². The molecule has 1 aromatic carbocycles. The van der Waals surface area contributed by atoms with Gasteiger partial charge in [0.05, 0.1) is 6.61 Å². The molecule has 2 nitrogen and oxygen atoms in total. The minimum absolute atomic E-state index is 0.240. The summed E-state index contributed by atoms with van der Waals surface area (Å²) in [6, 6.07) is 8.57. The molecule has 0 bridgehead atoms. The molecule has 0 saturated heterocycles. The first kappa shape index (κ1) is 11.2. The monoisotopic (exact) mass is 193 g/mol. The number of rotatable bonds is 5. The number of aliphatic hydroxyl groups is 1. The highest BCUT2D eigenvalue weighted by Gasteiger charge is 1.98. The van der Waals surface area contributed by atoms with E-state index >= 15 is 0 Å². The Morgan fingerprint density at radius 3 is 2.71 bits per heavy atom. The van der Waals surface area contributed by atoms with Gasteiger partial charge in [0.15, 0.2) is 0 Å². The number of aryl methyl sites for hydroxylation is 1. The molecule has 0 unspecified atom stereocenters. The second-order valence-electron chi connectivity index (χ2n) is 3.77. The number of benzene rings is 1. The third-order valence-corrected chi connectivity index (χ3v) is 2.35. The van der Waals surface area contributed by atoms with E-state index < -0.39 is 0 Å². The van der Waals surface area contributed by atoms with Crippen LogP contribution in [0.4, 0.5) is 0 Å². The van der Waals surface area contributed by atoms with Crippen LogP contribution in [0.1, 0.15) is 11.1 Å². The van der Waals surface area contributed by atoms with Crippen molar-refractivity contribution in [2.24, 2.45) is 0 Å². The van der Waals surface area contributed by atoms with Gasteiger partial charge in [-0.25, -0.2) is 0 Å². The number of nitrogens with zero attached hydrogens (tertiary/aromatic N) is 1. The Balaban J connectivity index is 2.37. The summed E-state index contributed by atoms with van der Waals surface area (Å²) in [6.07, 6.45) is 1.05. The predicted octanol–water partition coefficient (Wildman–Crippen LogP) is 1.46. The summed E-state index contributed by atoms with van der Waals surface area (Å²) < 4.78 is 0. The van der Waals surface area contributed by atoms with Crippen LogP contribution in [0.25, 0.3) is 0 Å². The van der Waals surface area contributed by atoms with Crippen LogP contribution in [-0.2, 0) is 6.42 Å². The first-order valence-corrected chi connectivity index (χ1v) is 5.07. The quantitative estimate of drug-likeness (QED) is 0.765. The van der Waals surface area contributed by atoms with Gasteiger partial charge in [0.25, 0.3) is 0 Å². The van der Waals surface area contributed by atoms with E-state index in [1.807, 2.05) is 7.05 Å². The molecule has 0 heterocycles. The highest BCUT2D eigenvalue weighted by Crippen LogP contribution is 2.04. The standard InChI is InChI=1S/C12H19NO/c1-11-4-3-5-12(10-11)6-7-13(2)8-9-14/h3-5,10,14H,6-9H2,1-2H3. The lowest BCUT2D eigenvalue weighted by atomic mass is 10.1. The van der Waals surface area contributed by atoms with E-state index in [2.05, 4.69) is 36.1 Å². The van der Waals surface area contributed by atoms with Gasteiger partial charge < -0.3 is 10.0 Å². The summed E-state index contributed by atoms with van der Waals surface area (Å²) in [5, 5.41) is 8.74. The molecule has 0 fully saturated rings. The molecule has 0 aliphatic carbocycles. The molecule has 0 spiro atoms. The normalized spacial score (nSPS) is 10.9. The molecule has 78 valence electrons. The minimum atomic E-state index is 0.240. The van der Waals surface area contributed by atoms with Crippen molar-refractivity contribution in [3.8, 4) is 0 Å². The molecular weight excluding hydrogens is 174 g/mol. The maximum Gasteiger partial charge on any atom is 0.0558 e. The third-order valence-electron chi connectivity index (χ3n) is 2.35. The van der Waals surface area contributed by atoms with Crippen LogP contribution in [-0.4, -0.2) is 36.8 Å². The van der Waals surface area contributed by atoms with E-state index in [4.69, 9.17) is 5.11 Å². The van der Waals surface area contributed by atoms with Gasteiger partial charge in [-0.05, 0) is 26.0 Å². The molecular formula is C12H19NO. The van der Waals surface area contributed by atoms with E-state index in [1.165, 1.54) is 11.1 Å². The molecule has 14 heavy (non-hydrogen) atoms. The summed E-state index contributed by atoms with van der Waals surface area (Å²) in [6.45, 7) is 4.11. The van der Waals surface area contributed by atoms with Gasteiger partial charge in [0.1, 0.15) is 0 Å². The predicted molar refractivity (Wildman–Crippen MR) is 59.5 cm³/mol. The molecule has 1 rings (SSSR count). The largest absolute Gasteiger partial charge is 0.395 e. The summed E-state index contributed by atoms with van der Waals surface area (Å²) in [5.74, 6) is 0. The summed E-state index contributed by atoms with van der Waals surface area (Å²) in [7, 11) is 2.03. The van der Waals surface area contributed by atoms with Crippen molar-refractivity contribution in [1.29, 1.82) is 0 Å². The zero-order valence-corrected chi connectivity index (χ0v) is 9.03. The molecule has 0 aliphatic rings. The average Bonchev–Trinajstić information content (AvgIpc) is 2.15. The van der Waals surface area contributed by atoms with E-state index in [-0.39, 0.29) is 6.61 Å². The van der Waals surface area contributed by atoms with Gasteiger partial charge in [0.2, 0.25) is 0 Å². The van der Waals surface area contributed by atoms with Crippen molar-refractivity contribution >= 4 is 0 Å². The van der Waals surface area contributed by atoms with Crippen LogP contribution >= 0.6 is 0 Å². The molecule has 0 saturated carbocycles. The van der Waals surface area contributed by atoms with Crippen LogP contribution in [0.2, 0.25) is 0 Å². The van der Waals surface area contributed by atoms with Crippen molar-refractivity contribution in [2.45, 2.75) is 13.3 Å². The molecule has 2 heteroatoms. The van der Waals surface area contributed by atoms with E-state index in [9.17, 15) is 0 Å². The smallest absolute Gasteiger partial charge is 0.0558 e. The highest BCUT2D eigenvalue weighted by atomic mass is 16.3. The van der Waals surface area contributed by atoms with Gasteiger partial charge in [-0.2, -0.15) is 0 Å². The average molecular weight is 193 g/mol. The Morgan fingerprint density at radius 1 is 1.29 bits per heavy atom. The molecule has 0 aliphatic heterocycles. The topological polar surface area (TPSA) is 23.5 Å². The lowest BCUT2D eigenvalue weighted by Crippen LogP contribution is -2.24. The van der Waals surface area contributed by atoms with Crippen molar-refractivity contribution < 1.29 is 5.11 Å². The van der Waals surface area contributed by atoms with Gasteiger partial charge in [0, 0.05) is 13.1 Å². The zero-order valence-electron chi connectivity index (χ0n) is 9.03. The van der Waals surface area contributed by atoms with Crippen LogP contribution in [0.5, 0.6) is 0 Å². The van der Waals surface area contributed by atoms with E-state index in [0.717, 1.165) is 19.5 Å². The Morgan fingerprint density at radius 2 is 2.07 bits per heavy atom. The maximum absolute atomic E-state index is 8.74. The molecule has 0 amide bonds. The van der Waals surface area contributed by atoms with Gasteiger partial charge in [-0.3, -0.25) is 0 Å². The number of aliphatic hydroxyl groups excluding tert-OH is 1. The minimum Gasteiger partial charge on any atom is -0.395 e. The van der Waals surface area contributed by atoms with Crippen LogP contribution in [0.15, 0.2) is 24.3 Å². The Labute approximate surface area is 86.2 Å². The van der Waals surface area contributed by atoms with Gasteiger partial charge in [-0.15, -0.1) is 0 Å². The Bertz CT molecular complexity index is 273. The SMILES string of the molecule is Cc1cccc(CCN(C)CCO)c1. The third kappa shape index (κ3) is 3.90. The molecule has 0 radical (unpaired) electrons. The Kier molecular flexibility index (Phi) is 4.63. The number of hydrogen-bond donors (Lipinski definition) is 1. The fraction of sp³-hybridized carbons (Fsp3) is 0.500. The maximum atomic E-state index is 8.74. The first-order chi connectivity index (χ1) is 6.72. The summed E-state index contributed by atoms with van der Waals surface area (Å²) in [4.78, 5) is 2.14. The second kappa shape index (κ2) is 5.78. The molecule has 1 aromatic rings. The van der Waals surface area contributed by atoms with Crippen LogP contribution in [0, 0.1) is 6.92 Å². The van der Waals surface area contributed by atoms with Gasteiger partial charge in [-0.1, -0.05) is 29.8 Å². The summed E-state index contributed by atoms with van der Waals surface area (Å²) >= 11 is 0. The van der Waals surface area contributed by atoms with Gasteiger partial charge >= 0.3 is 0 Å². The number of hydrogen-bond acceptors (Lipinski definition) is 2.